The number of ether oxygens (including phenoxy) is 2. The Labute approximate surface area is 123 Å². The van der Waals surface area contributed by atoms with Crippen molar-refractivity contribution < 1.29 is 13.9 Å². The van der Waals surface area contributed by atoms with Crippen LogP contribution in [0.5, 0.6) is 11.5 Å². The average Bonchev–Trinajstić information content (AvgIpc) is 2.80. The summed E-state index contributed by atoms with van der Waals surface area (Å²) in [6.45, 7) is 5.35. The maximum atomic E-state index is 6.50. The van der Waals surface area contributed by atoms with Crippen LogP contribution in [0, 0.1) is 12.8 Å². The van der Waals surface area contributed by atoms with E-state index in [9.17, 15) is 0 Å². The molecule has 0 N–H and O–H groups in total. The number of hydrogen-bond acceptors (Lipinski definition) is 3. The van der Waals surface area contributed by atoms with E-state index in [-0.39, 0.29) is 5.38 Å². The zero-order chi connectivity index (χ0) is 14.1. The molecule has 2 heterocycles. The van der Waals surface area contributed by atoms with E-state index in [1.54, 1.807) is 6.26 Å². The summed E-state index contributed by atoms with van der Waals surface area (Å²) in [6, 6.07) is 7.79. The highest BCUT2D eigenvalue weighted by Crippen LogP contribution is 2.37. The first kappa shape index (κ1) is 13.4. The third-order valence-corrected chi connectivity index (χ3v) is 3.85. The Balaban J connectivity index is 1.88. The Morgan fingerprint density at radius 1 is 1.10 bits per heavy atom. The molecule has 1 aromatic carbocycles. The van der Waals surface area contributed by atoms with E-state index in [0.717, 1.165) is 28.4 Å². The third kappa shape index (κ3) is 2.63. The minimum atomic E-state index is -0.248. The van der Waals surface area contributed by atoms with Gasteiger partial charge in [-0.3, -0.25) is 0 Å². The standard InChI is InChI=1S/C16H17ClO3/c1-10-7-19-14-4-3-12(6-15(14)20-8-10)16(17)13-5-11(2)18-9-13/h3-6,9-10,16H,7-8H2,1-2H3. The monoisotopic (exact) mass is 292 g/mol. The van der Waals surface area contributed by atoms with Crippen molar-refractivity contribution in [3.8, 4) is 11.5 Å². The summed E-state index contributed by atoms with van der Waals surface area (Å²) in [6.07, 6.45) is 1.69. The van der Waals surface area contributed by atoms with Crippen LogP contribution < -0.4 is 9.47 Å². The Bertz CT molecular complexity index is 606. The first-order chi connectivity index (χ1) is 9.63. The maximum absolute atomic E-state index is 6.50. The molecule has 1 aromatic heterocycles. The van der Waals surface area contributed by atoms with Crippen LogP contribution in [0.4, 0.5) is 0 Å². The molecule has 1 aliphatic heterocycles. The molecule has 0 radical (unpaired) electrons. The highest BCUT2D eigenvalue weighted by Gasteiger charge is 2.19. The molecule has 0 fully saturated rings. The van der Waals surface area contributed by atoms with Crippen LogP contribution in [0.3, 0.4) is 0 Å². The minimum absolute atomic E-state index is 0.248. The molecular formula is C16H17ClO3. The Morgan fingerprint density at radius 2 is 1.85 bits per heavy atom. The fraction of sp³-hybridized carbons (Fsp3) is 0.375. The van der Waals surface area contributed by atoms with E-state index < -0.39 is 0 Å². The molecule has 0 bridgehead atoms. The summed E-state index contributed by atoms with van der Waals surface area (Å²) >= 11 is 6.50. The number of furan rings is 1. The predicted octanol–water partition coefficient (Wildman–Crippen LogP) is 4.32. The lowest BCUT2D eigenvalue weighted by Gasteiger charge is -2.12. The second-order valence-electron chi connectivity index (χ2n) is 5.29. The molecule has 2 aromatic rings. The van der Waals surface area contributed by atoms with Crippen LogP contribution in [0.2, 0.25) is 0 Å². The Hall–Kier alpha value is -1.61. The van der Waals surface area contributed by atoms with Gasteiger partial charge >= 0.3 is 0 Å². The van der Waals surface area contributed by atoms with Crippen LogP contribution in [0.15, 0.2) is 34.9 Å². The van der Waals surface area contributed by atoms with Gasteiger partial charge in [0, 0.05) is 11.5 Å². The van der Waals surface area contributed by atoms with E-state index in [1.165, 1.54) is 0 Å². The molecule has 0 amide bonds. The lowest BCUT2D eigenvalue weighted by Crippen LogP contribution is -2.12. The van der Waals surface area contributed by atoms with Gasteiger partial charge in [-0.25, -0.2) is 0 Å². The van der Waals surface area contributed by atoms with E-state index in [0.29, 0.717) is 19.1 Å². The van der Waals surface area contributed by atoms with Crippen molar-refractivity contribution in [3.05, 3.63) is 47.4 Å². The van der Waals surface area contributed by atoms with Gasteiger partial charge in [-0.2, -0.15) is 0 Å². The van der Waals surface area contributed by atoms with Crippen molar-refractivity contribution in [2.24, 2.45) is 5.92 Å². The van der Waals surface area contributed by atoms with E-state index >= 15 is 0 Å². The molecular weight excluding hydrogens is 276 g/mol. The zero-order valence-corrected chi connectivity index (χ0v) is 12.3. The highest BCUT2D eigenvalue weighted by atomic mass is 35.5. The van der Waals surface area contributed by atoms with Gasteiger partial charge in [0.15, 0.2) is 11.5 Å². The molecule has 0 aliphatic carbocycles. The maximum Gasteiger partial charge on any atom is 0.161 e. The number of hydrogen-bond donors (Lipinski definition) is 0. The SMILES string of the molecule is Cc1cc(C(Cl)c2ccc3c(c2)OCC(C)CO3)co1. The van der Waals surface area contributed by atoms with Gasteiger partial charge in [-0.15, -0.1) is 11.6 Å². The molecule has 4 heteroatoms. The number of rotatable bonds is 2. The quantitative estimate of drug-likeness (QED) is 0.772. The summed E-state index contributed by atoms with van der Waals surface area (Å²) in [5, 5.41) is -0.248. The topological polar surface area (TPSA) is 31.6 Å². The second-order valence-corrected chi connectivity index (χ2v) is 5.72. The van der Waals surface area contributed by atoms with Gasteiger partial charge in [0.05, 0.1) is 24.9 Å². The molecule has 0 spiro atoms. The number of alkyl halides is 1. The van der Waals surface area contributed by atoms with Crippen LogP contribution in [0.25, 0.3) is 0 Å². The molecule has 0 saturated heterocycles. The normalized spacial score (nSPS) is 19.4. The fourth-order valence-electron chi connectivity index (χ4n) is 2.22. The largest absolute Gasteiger partial charge is 0.489 e. The summed E-state index contributed by atoms with van der Waals surface area (Å²) in [4.78, 5) is 0. The number of fused-ring (bicyclic) bond motifs is 1. The van der Waals surface area contributed by atoms with E-state index in [1.807, 2.05) is 31.2 Å². The minimum Gasteiger partial charge on any atom is -0.489 e. The van der Waals surface area contributed by atoms with E-state index in [4.69, 9.17) is 25.5 Å². The Morgan fingerprint density at radius 3 is 2.55 bits per heavy atom. The van der Waals surface area contributed by atoms with Gasteiger partial charge in [-0.1, -0.05) is 13.0 Å². The van der Waals surface area contributed by atoms with Gasteiger partial charge < -0.3 is 13.9 Å². The molecule has 20 heavy (non-hydrogen) atoms. The zero-order valence-electron chi connectivity index (χ0n) is 11.6. The molecule has 2 unspecified atom stereocenters. The first-order valence-corrected chi connectivity index (χ1v) is 7.16. The summed E-state index contributed by atoms with van der Waals surface area (Å²) in [7, 11) is 0. The van der Waals surface area contributed by atoms with Crippen LogP contribution in [0.1, 0.15) is 29.2 Å². The van der Waals surface area contributed by atoms with Gasteiger partial charge in [-0.05, 0) is 30.7 Å². The third-order valence-electron chi connectivity index (χ3n) is 3.35. The fourth-order valence-corrected chi connectivity index (χ4v) is 2.47. The van der Waals surface area contributed by atoms with Crippen molar-refractivity contribution in [1.29, 1.82) is 0 Å². The van der Waals surface area contributed by atoms with Crippen molar-refractivity contribution in [2.45, 2.75) is 19.2 Å². The van der Waals surface area contributed by atoms with Crippen LogP contribution >= 0.6 is 11.6 Å². The van der Waals surface area contributed by atoms with Gasteiger partial charge in [0.2, 0.25) is 0 Å². The number of benzene rings is 1. The van der Waals surface area contributed by atoms with Gasteiger partial charge in [0.25, 0.3) is 0 Å². The van der Waals surface area contributed by atoms with E-state index in [2.05, 4.69) is 6.92 Å². The average molecular weight is 293 g/mol. The second kappa shape index (κ2) is 5.41. The number of halogens is 1. The summed E-state index contributed by atoms with van der Waals surface area (Å²) in [5.41, 5.74) is 1.93. The predicted molar refractivity (Wildman–Crippen MR) is 77.7 cm³/mol. The lowest BCUT2D eigenvalue weighted by molar-refractivity contribution is 0.228. The van der Waals surface area contributed by atoms with Crippen LogP contribution in [-0.4, -0.2) is 13.2 Å². The highest BCUT2D eigenvalue weighted by molar-refractivity contribution is 6.22. The molecule has 3 rings (SSSR count). The molecule has 1 aliphatic rings. The lowest BCUT2D eigenvalue weighted by atomic mass is 10.1. The summed E-state index contributed by atoms with van der Waals surface area (Å²) < 4.78 is 16.8. The van der Waals surface area contributed by atoms with Crippen molar-refractivity contribution in [3.63, 3.8) is 0 Å². The molecule has 0 saturated carbocycles. The van der Waals surface area contributed by atoms with Crippen molar-refractivity contribution in [1.82, 2.24) is 0 Å². The summed E-state index contributed by atoms with van der Waals surface area (Å²) in [5.74, 6) is 2.78. The molecule has 3 nitrogen and oxygen atoms in total. The first-order valence-electron chi connectivity index (χ1n) is 6.72. The number of aryl methyl sites for hydroxylation is 1. The van der Waals surface area contributed by atoms with Gasteiger partial charge in [0.1, 0.15) is 5.76 Å². The molecule has 2 atom stereocenters. The van der Waals surface area contributed by atoms with Crippen LogP contribution in [-0.2, 0) is 0 Å². The Kier molecular flexibility index (Phi) is 3.62. The molecule has 106 valence electrons. The smallest absolute Gasteiger partial charge is 0.161 e. The van der Waals surface area contributed by atoms with Crippen molar-refractivity contribution in [2.75, 3.05) is 13.2 Å². The van der Waals surface area contributed by atoms with Crippen molar-refractivity contribution >= 4 is 11.6 Å².